The number of aromatic nitrogens is 4. The summed E-state index contributed by atoms with van der Waals surface area (Å²) < 4.78 is 160. The van der Waals surface area contributed by atoms with E-state index in [1.54, 1.807) is 60.7 Å². The Bertz CT molecular complexity index is 4810. The second-order valence-corrected chi connectivity index (χ2v) is 21.6. The molecule has 3 amide bonds. The lowest BCUT2D eigenvalue weighted by atomic mass is 9.98. The van der Waals surface area contributed by atoms with Gasteiger partial charge in [-0.25, -0.2) is 53.7 Å². The van der Waals surface area contributed by atoms with Gasteiger partial charge in [0.1, 0.15) is 18.7 Å². The molecule has 1 aliphatic carbocycles. The normalized spacial score (nSPS) is 12.8. The number of hydrogen-bond donors (Lipinski definition) is 6. The third-order valence-corrected chi connectivity index (χ3v) is 16.1. The molecule has 13 rings (SSSR count). The van der Waals surface area contributed by atoms with Crippen LogP contribution in [0.25, 0.3) is 89.8 Å². The van der Waals surface area contributed by atoms with Crippen LogP contribution in [0.3, 0.4) is 0 Å². The van der Waals surface area contributed by atoms with E-state index in [0.717, 1.165) is 22.3 Å². The minimum atomic E-state index is -2.41. The van der Waals surface area contributed by atoms with Gasteiger partial charge in [0.15, 0.2) is 46.5 Å². The minimum Gasteiger partial charge on any atom is -0.449 e. The molecule has 6 N–H and O–H groups in total. The number of fused-ring (bicyclic) bond motifs is 12. The van der Waals surface area contributed by atoms with Gasteiger partial charge in [-0.1, -0.05) is 121 Å². The number of aromatic amines is 3. The van der Waals surface area contributed by atoms with Crippen LogP contribution < -0.4 is 16.0 Å². The van der Waals surface area contributed by atoms with Crippen LogP contribution in [0.2, 0.25) is 0 Å². The summed E-state index contributed by atoms with van der Waals surface area (Å²) in [4.78, 5) is 56.5. The second-order valence-electron chi connectivity index (χ2n) is 21.6. The first-order chi connectivity index (χ1) is 44.0. The average Bonchev–Trinajstić information content (AvgIpc) is 1.82. The monoisotopic (exact) mass is 1240 g/mol. The number of nitrogens with one attached hydrogen (secondary N) is 6. The first-order valence-electron chi connectivity index (χ1n) is 28.3. The number of carbonyl (C=O) groups is 3. The van der Waals surface area contributed by atoms with Gasteiger partial charge in [0.25, 0.3) is 0 Å². The van der Waals surface area contributed by atoms with Crippen molar-refractivity contribution in [3.05, 3.63) is 262 Å². The van der Waals surface area contributed by atoms with Crippen LogP contribution in [-0.2, 0) is 27.2 Å². The van der Waals surface area contributed by atoms with Crippen LogP contribution in [-0.4, -0.2) is 56.5 Å². The Hall–Kier alpha value is -11.2. The van der Waals surface area contributed by atoms with Crippen LogP contribution in [0.4, 0.5) is 54.4 Å². The molecule has 0 unspecified atom stereocenters. The van der Waals surface area contributed by atoms with E-state index in [4.69, 9.17) is 4.74 Å². The van der Waals surface area contributed by atoms with Crippen molar-refractivity contribution in [2.45, 2.75) is 30.8 Å². The molecule has 454 valence electrons. The molecular formula is C70H45F10N7O4. The highest BCUT2D eigenvalue weighted by atomic mass is 19.2. The van der Waals surface area contributed by atoms with Crippen molar-refractivity contribution in [2.75, 3.05) is 11.9 Å². The molecule has 11 nitrogen and oxygen atoms in total. The van der Waals surface area contributed by atoms with Crippen molar-refractivity contribution in [3.63, 3.8) is 0 Å². The van der Waals surface area contributed by atoms with Gasteiger partial charge >= 0.3 is 6.09 Å². The number of amides is 3. The van der Waals surface area contributed by atoms with Gasteiger partial charge in [-0.15, -0.1) is 0 Å². The molecule has 4 aromatic heterocycles. The van der Waals surface area contributed by atoms with E-state index in [1.165, 1.54) is 72.8 Å². The lowest BCUT2D eigenvalue weighted by Gasteiger charge is -2.24. The Balaban J connectivity index is 0.873. The molecule has 2 atom stereocenters. The van der Waals surface area contributed by atoms with Gasteiger partial charge in [-0.3, -0.25) is 9.59 Å². The first-order valence-corrected chi connectivity index (χ1v) is 28.3. The van der Waals surface area contributed by atoms with E-state index in [9.17, 15) is 23.2 Å². The maximum absolute atomic E-state index is 16.0. The van der Waals surface area contributed by atoms with Crippen molar-refractivity contribution in [1.29, 1.82) is 0 Å². The zero-order chi connectivity index (χ0) is 63.4. The van der Waals surface area contributed by atoms with E-state index in [2.05, 4.69) is 35.9 Å². The van der Waals surface area contributed by atoms with Crippen molar-refractivity contribution in [2.24, 2.45) is 0 Å². The van der Waals surface area contributed by atoms with Crippen molar-refractivity contribution < 1.29 is 63.0 Å². The van der Waals surface area contributed by atoms with E-state index < -0.39 is 110 Å². The largest absolute Gasteiger partial charge is 0.449 e. The number of carbonyl (C=O) groups excluding carboxylic acids is 3. The lowest BCUT2D eigenvalue weighted by molar-refractivity contribution is -0.127. The van der Waals surface area contributed by atoms with Gasteiger partial charge < -0.3 is 35.6 Å². The fourth-order valence-electron chi connectivity index (χ4n) is 11.8. The highest BCUT2D eigenvalue weighted by molar-refractivity contribution is 6.02. The third kappa shape index (κ3) is 11.0. The molecule has 91 heavy (non-hydrogen) atoms. The van der Waals surface area contributed by atoms with E-state index in [-0.39, 0.29) is 86.7 Å². The second kappa shape index (κ2) is 24.0. The molecule has 1 aliphatic heterocycles. The Morgan fingerprint density at radius 1 is 0.407 bits per heavy atom. The molecule has 5 heterocycles. The number of halogens is 10. The topological polar surface area (TPSA) is 157 Å². The lowest BCUT2D eigenvalue weighted by Crippen LogP contribution is -2.54. The van der Waals surface area contributed by atoms with Crippen molar-refractivity contribution >= 4 is 68.8 Å². The minimum absolute atomic E-state index is 0.00553. The maximum Gasteiger partial charge on any atom is 0.407 e. The van der Waals surface area contributed by atoms with Gasteiger partial charge in [-0.05, 0) is 99.6 Å². The smallest absolute Gasteiger partial charge is 0.407 e. The number of alkyl carbamates (subject to hydrolysis) is 1. The predicted octanol–water partition coefficient (Wildman–Crippen LogP) is 15.9. The van der Waals surface area contributed by atoms with Crippen LogP contribution in [0.15, 0.2) is 170 Å². The molecule has 0 fully saturated rings. The summed E-state index contributed by atoms with van der Waals surface area (Å²) >= 11 is 0. The Morgan fingerprint density at radius 3 is 1.31 bits per heavy atom. The summed E-state index contributed by atoms with van der Waals surface area (Å²) in [6, 6.07) is 44.6. The number of ether oxygens (including phenoxy) is 1. The number of rotatable bonds is 14. The van der Waals surface area contributed by atoms with Crippen LogP contribution in [0.5, 0.6) is 0 Å². The van der Waals surface area contributed by atoms with E-state index >= 15 is 35.1 Å². The van der Waals surface area contributed by atoms with Crippen LogP contribution >= 0.6 is 0 Å². The Morgan fingerprint density at radius 2 is 0.802 bits per heavy atom. The summed E-state index contributed by atoms with van der Waals surface area (Å²) in [5, 5.41) is 8.42. The molecule has 11 aromatic rings. The SMILES string of the molecule is O=C(N[C@@H](Cc1ccccc1)C(=O)N[C@@H](Cc1ccccc1)C(=O)Nc1ccc(-c2c3nc(c(-c4c(F)c(F)c(F)c(F)c4F)c4ccc([nH]4)c4ccc([nH]4)c(-c4c(F)c(F)c(F)c(F)c4F)c4ccc2[nH]4)C=C3)cc1)OCC1c2ccccc2-c2ccccc21. The van der Waals surface area contributed by atoms with Crippen molar-refractivity contribution in [1.82, 2.24) is 30.6 Å². The zero-order valence-corrected chi connectivity index (χ0v) is 47.0. The summed E-state index contributed by atoms with van der Waals surface area (Å²) in [5.74, 6) is -24.2. The number of hydrogen-bond acceptors (Lipinski definition) is 5. The van der Waals surface area contributed by atoms with Crippen molar-refractivity contribution in [3.8, 4) is 44.5 Å². The predicted molar refractivity (Wildman–Crippen MR) is 324 cm³/mol. The fraction of sp³-hybridized carbons (Fsp3) is 0.0857. The molecule has 0 radical (unpaired) electrons. The maximum atomic E-state index is 16.0. The molecule has 0 spiro atoms. The Labute approximate surface area is 509 Å². The van der Waals surface area contributed by atoms with Gasteiger partial charge in [0.05, 0.1) is 33.5 Å². The van der Waals surface area contributed by atoms with E-state index in [0.29, 0.717) is 11.1 Å². The highest BCUT2D eigenvalue weighted by Crippen LogP contribution is 2.45. The molecule has 21 heteroatoms. The molecule has 8 bridgehead atoms. The number of anilines is 1. The molecular weight excluding hydrogens is 1190 g/mol. The highest BCUT2D eigenvalue weighted by Gasteiger charge is 2.34. The van der Waals surface area contributed by atoms with Gasteiger partial charge in [0.2, 0.25) is 23.4 Å². The molecule has 0 saturated heterocycles. The molecule has 0 saturated carbocycles. The van der Waals surface area contributed by atoms with Gasteiger partial charge in [-0.2, -0.15) is 0 Å². The third-order valence-electron chi connectivity index (χ3n) is 16.1. The molecule has 7 aromatic carbocycles. The summed E-state index contributed by atoms with van der Waals surface area (Å²) in [7, 11) is 0. The number of H-pyrrole nitrogens is 3. The summed E-state index contributed by atoms with van der Waals surface area (Å²) in [5.41, 5.74) is 1.17. The van der Waals surface area contributed by atoms with Crippen LogP contribution in [0.1, 0.15) is 39.6 Å². The summed E-state index contributed by atoms with van der Waals surface area (Å²) in [6.45, 7) is -0.0370. The van der Waals surface area contributed by atoms with Crippen LogP contribution in [0, 0.1) is 58.2 Å². The average molecular weight is 1240 g/mol. The fourth-order valence-corrected chi connectivity index (χ4v) is 11.8. The summed E-state index contributed by atoms with van der Waals surface area (Å²) in [6.07, 6.45) is 1.69. The van der Waals surface area contributed by atoms with E-state index in [1.807, 2.05) is 48.5 Å². The quantitative estimate of drug-likeness (QED) is 0.0363. The number of benzene rings is 7. The van der Waals surface area contributed by atoms with Gasteiger partial charge in [0, 0.05) is 63.2 Å². The first kappa shape index (κ1) is 58.8. The Kier molecular flexibility index (Phi) is 15.5. The zero-order valence-electron chi connectivity index (χ0n) is 47.0. The molecule has 2 aliphatic rings. The standard InChI is InChI=1S/C70H45F10N7O4/c71-58-56(59(72)63(76)66(79)62(58)75)54-47-25-23-43(82-47)44-24-26-48(83-44)55(57-60(73)64(77)67(80)65(78)61(57)74)50-30-28-46(85-50)53(45-27-29-49(54)84-45)36-19-21-37(22-20-36)81-68(88)51(31-34-11-3-1-4-12-34)86-69(89)52(32-35-13-5-2-6-14-35)87-70(90)91-33-42-40-17-9-7-15-38(40)39-16-8-10-18-41(39)42/h1-30,42,51-52,82-84H,31-33H2,(H,81,88)(H,86,89)(H,87,90)/t51-,52-/m0/s1. The number of nitrogens with zero attached hydrogens (tertiary/aromatic N) is 1.